The lowest BCUT2D eigenvalue weighted by atomic mass is 9.87. The third-order valence-electron chi connectivity index (χ3n) is 6.35. The Morgan fingerprint density at radius 3 is 2.77 bits per heavy atom. The van der Waals surface area contributed by atoms with Crippen molar-refractivity contribution in [1.82, 2.24) is 9.97 Å². The number of pyridine rings is 2. The van der Waals surface area contributed by atoms with Crippen molar-refractivity contribution >= 4 is 11.6 Å². The fourth-order valence-corrected chi connectivity index (χ4v) is 4.37. The standard InChI is InChI=1S/C26H27F2N3O4/c1-4-21-14(2)20(32)12-23(35-21)15-10-11-29-13-19(15)31-26(33)18-9-8-17(28)25(30-18)24-16(27)6-5-7-22(24)34-3/h5-11,13-14,20-21,23,32H,4,12H2,1-3H3,(H,31,33). The van der Waals surface area contributed by atoms with E-state index >= 15 is 0 Å². The smallest absolute Gasteiger partial charge is 0.274 e. The number of methoxy groups -OCH3 is 1. The van der Waals surface area contributed by atoms with Crippen LogP contribution in [-0.2, 0) is 4.74 Å². The van der Waals surface area contributed by atoms with Crippen molar-refractivity contribution < 1.29 is 28.2 Å². The molecule has 1 saturated heterocycles. The molecule has 4 unspecified atom stereocenters. The molecule has 0 radical (unpaired) electrons. The van der Waals surface area contributed by atoms with E-state index in [0.717, 1.165) is 18.6 Å². The van der Waals surface area contributed by atoms with Crippen LogP contribution in [0.3, 0.4) is 0 Å². The van der Waals surface area contributed by atoms with Crippen molar-refractivity contribution in [1.29, 1.82) is 0 Å². The third-order valence-corrected chi connectivity index (χ3v) is 6.35. The number of aliphatic hydroxyl groups excluding tert-OH is 1. The number of hydrogen-bond donors (Lipinski definition) is 2. The molecule has 1 fully saturated rings. The monoisotopic (exact) mass is 483 g/mol. The number of carbonyl (C=O) groups is 1. The number of nitrogens with one attached hydrogen (secondary N) is 1. The molecule has 0 saturated carbocycles. The van der Waals surface area contributed by atoms with Crippen LogP contribution in [0.5, 0.6) is 5.75 Å². The lowest BCUT2D eigenvalue weighted by molar-refractivity contribution is -0.133. The summed E-state index contributed by atoms with van der Waals surface area (Å²) in [5.41, 5.74) is 0.420. The molecule has 3 aromatic rings. The molecule has 4 rings (SSSR count). The number of aliphatic hydroxyl groups is 1. The fourth-order valence-electron chi connectivity index (χ4n) is 4.37. The Morgan fingerprint density at radius 2 is 2.03 bits per heavy atom. The van der Waals surface area contributed by atoms with Crippen LogP contribution in [-0.4, -0.2) is 40.3 Å². The maximum Gasteiger partial charge on any atom is 0.274 e. The van der Waals surface area contributed by atoms with Gasteiger partial charge in [-0.05, 0) is 36.8 Å². The van der Waals surface area contributed by atoms with E-state index in [-0.39, 0.29) is 34.7 Å². The zero-order valence-corrected chi connectivity index (χ0v) is 19.7. The van der Waals surface area contributed by atoms with Gasteiger partial charge in [0, 0.05) is 24.1 Å². The highest BCUT2D eigenvalue weighted by Gasteiger charge is 2.35. The van der Waals surface area contributed by atoms with Gasteiger partial charge in [0.2, 0.25) is 0 Å². The lowest BCUT2D eigenvalue weighted by Gasteiger charge is -2.38. The summed E-state index contributed by atoms with van der Waals surface area (Å²) in [6.07, 6.45) is 3.05. The van der Waals surface area contributed by atoms with Gasteiger partial charge in [-0.3, -0.25) is 9.78 Å². The van der Waals surface area contributed by atoms with Gasteiger partial charge in [0.05, 0.1) is 42.9 Å². The minimum atomic E-state index is -0.795. The van der Waals surface area contributed by atoms with E-state index in [1.54, 1.807) is 12.3 Å². The second kappa shape index (κ2) is 10.5. The van der Waals surface area contributed by atoms with E-state index in [0.29, 0.717) is 17.7 Å². The van der Waals surface area contributed by atoms with Crippen molar-refractivity contribution in [3.05, 3.63) is 71.7 Å². The highest BCUT2D eigenvalue weighted by atomic mass is 19.1. The molecule has 2 aromatic heterocycles. The van der Waals surface area contributed by atoms with Crippen LogP contribution in [0.4, 0.5) is 14.5 Å². The molecule has 2 N–H and O–H groups in total. The Kier molecular flexibility index (Phi) is 7.37. The Balaban J connectivity index is 1.64. The topological polar surface area (TPSA) is 93.6 Å². The first kappa shape index (κ1) is 24.7. The number of rotatable bonds is 6. The molecule has 1 aromatic carbocycles. The van der Waals surface area contributed by atoms with E-state index < -0.39 is 29.7 Å². The van der Waals surface area contributed by atoms with Crippen LogP contribution in [0.25, 0.3) is 11.3 Å². The van der Waals surface area contributed by atoms with Gasteiger partial charge in [0.15, 0.2) is 0 Å². The van der Waals surface area contributed by atoms with Crippen molar-refractivity contribution in [2.75, 3.05) is 12.4 Å². The lowest BCUT2D eigenvalue weighted by Crippen LogP contribution is -2.39. The second-order valence-electron chi connectivity index (χ2n) is 8.49. The summed E-state index contributed by atoms with van der Waals surface area (Å²) in [5.74, 6) is -2.07. The normalized spacial score (nSPS) is 22.0. The Hall–Kier alpha value is -3.43. The van der Waals surface area contributed by atoms with E-state index in [9.17, 15) is 18.7 Å². The summed E-state index contributed by atoms with van der Waals surface area (Å²) >= 11 is 0. The number of anilines is 1. The van der Waals surface area contributed by atoms with Crippen molar-refractivity contribution in [3.63, 3.8) is 0 Å². The molecule has 7 nitrogen and oxygen atoms in total. The van der Waals surface area contributed by atoms with Gasteiger partial charge in [-0.2, -0.15) is 0 Å². The molecule has 35 heavy (non-hydrogen) atoms. The van der Waals surface area contributed by atoms with Gasteiger partial charge >= 0.3 is 0 Å². The Labute approximate surface area is 202 Å². The molecular weight excluding hydrogens is 456 g/mol. The molecule has 1 aliphatic heterocycles. The first-order valence-corrected chi connectivity index (χ1v) is 11.4. The van der Waals surface area contributed by atoms with Crippen LogP contribution >= 0.6 is 0 Å². The largest absolute Gasteiger partial charge is 0.496 e. The van der Waals surface area contributed by atoms with Gasteiger partial charge < -0.3 is 19.9 Å². The summed E-state index contributed by atoms with van der Waals surface area (Å²) in [6, 6.07) is 8.08. The van der Waals surface area contributed by atoms with Gasteiger partial charge in [0.25, 0.3) is 5.91 Å². The minimum Gasteiger partial charge on any atom is -0.496 e. The number of ether oxygens (including phenoxy) is 2. The first-order chi connectivity index (χ1) is 16.8. The maximum absolute atomic E-state index is 14.6. The summed E-state index contributed by atoms with van der Waals surface area (Å²) in [6.45, 7) is 3.94. The highest BCUT2D eigenvalue weighted by molar-refractivity contribution is 6.03. The van der Waals surface area contributed by atoms with E-state index in [4.69, 9.17) is 9.47 Å². The number of halogens is 2. The molecule has 0 bridgehead atoms. The Morgan fingerprint density at radius 1 is 1.23 bits per heavy atom. The summed E-state index contributed by atoms with van der Waals surface area (Å²) < 4.78 is 40.5. The average Bonchev–Trinajstić information content (AvgIpc) is 2.86. The molecule has 3 heterocycles. The molecule has 9 heteroatoms. The summed E-state index contributed by atoms with van der Waals surface area (Å²) in [7, 11) is 1.34. The van der Waals surface area contributed by atoms with Gasteiger partial charge in [-0.15, -0.1) is 0 Å². The predicted octanol–water partition coefficient (Wildman–Crippen LogP) is 4.92. The van der Waals surface area contributed by atoms with Crippen LogP contribution < -0.4 is 10.1 Å². The molecule has 1 amide bonds. The number of benzene rings is 1. The number of nitrogens with zero attached hydrogens (tertiary/aromatic N) is 2. The SMILES string of the molecule is CCC1OC(c2ccncc2NC(=O)c2ccc(F)c(-c3c(F)cccc3OC)n2)CC(O)C1C. The molecule has 4 atom stereocenters. The highest BCUT2D eigenvalue weighted by Crippen LogP contribution is 2.38. The van der Waals surface area contributed by atoms with E-state index in [1.165, 1.54) is 31.5 Å². The van der Waals surface area contributed by atoms with Crippen LogP contribution in [0.1, 0.15) is 48.8 Å². The second-order valence-corrected chi connectivity index (χ2v) is 8.49. The third kappa shape index (κ3) is 5.01. The predicted molar refractivity (Wildman–Crippen MR) is 126 cm³/mol. The number of carbonyl (C=O) groups excluding carboxylic acids is 1. The molecule has 0 aliphatic carbocycles. The summed E-state index contributed by atoms with van der Waals surface area (Å²) in [4.78, 5) is 21.3. The van der Waals surface area contributed by atoms with Gasteiger partial charge in [-0.25, -0.2) is 13.8 Å². The van der Waals surface area contributed by atoms with Crippen LogP contribution in [0, 0.1) is 17.6 Å². The minimum absolute atomic E-state index is 0.00617. The van der Waals surface area contributed by atoms with Crippen molar-refractivity contribution in [2.24, 2.45) is 5.92 Å². The molecular formula is C26H27F2N3O4. The number of amides is 1. The zero-order chi connectivity index (χ0) is 25.1. The molecule has 184 valence electrons. The summed E-state index contributed by atoms with van der Waals surface area (Å²) in [5, 5.41) is 13.3. The maximum atomic E-state index is 14.6. The molecule has 1 aliphatic rings. The molecule has 0 spiro atoms. The quantitative estimate of drug-likeness (QED) is 0.517. The zero-order valence-electron chi connectivity index (χ0n) is 19.7. The van der Waals surface area contributed by atoms with Crippen LogP contribution in [0.15, 0.2) is 48.8 Å². The van der Waals surface area contributed by atoms with Gasteiger partial charge in [0.1, 0.15) is 28.8 Å². The van der Waals surface area contributed by atoms with E-state index in [2.05, 4.69) is 15.3 Å². The Bertz CT molecular complexity index is 1220. The van der Waals surface area contributed by atoms with Gasteiger partial charge in [-0.1, -0.05) is 19.9 Å². The van der Waals surface area contributed by atoms with Crippen molar-refractivity contribution in [2.45, 2.75) is 45.0 Å². The average molecular weight is 484 g/mol. The van der Waals surface area contributed by atoms with Crippen molar-refractivity contribution in [3.8, 4) is 17.0 Å². The van der Waals surface area contributed by atoms with E-state index in [1.807, 2.05) is 13.8 Å². The van der Waals surface area contributed by atoms with Crippen LogP contribution in [0.2, 0.25) is 0 Å². The number of aromatic nitrogens is 2. The number of hydrogen-bond acceptors (Lipinski definition) is 6. The first-order valence-electron chi connectivity index (χ1n) is 11.4. The fraction of sp³-hybridized carbons (Fsp3) is 0.346.